The Morgan fingerprint density at radius 1 is 1.15 bits per heavy atom. The second kappa shape index (κ2) is 10.3. The van der Waals surface area contributed by atoms with Crippen LogP contribution in [0, 0.1) is 0 Å². The Bertz CT molecular complexity index is 622. The van der Waals surface area contributed by atoms with Gasteiger partial charge < -0.3 is 41.9 Å². The van der Waals surface area contributed by atoms with Gasteiger partial charge in [0.1, 0.15) is 12.1 Å². The van der Waals surface area contributed by atoms with Gasteiger partial charge in [-0.05, 0) is 6.42 Å². The number of nitrogens with two attached hydrogens (primary N) is 2. The van der Waals surface area contributed by atoms with Gasteiger partial charge in [-0.15, -0.1) is 0 Å². The lowest BCUT2D eigenvalue weighted by Crippen LogP contribution is -2.47. The van der Waals surface area contributed by atoms with E-state index in [9.17, 15) is 14.4 Å². The van der Waals surface area contributed by atoms with Crippen LogP contribution < -0.4 is 22.1 Å². The van der Waals surface area contributed by atoms with Gasteiger partial charge in [0.15, 0.2) is 5.82 Å². The number of hydrogen-bond acceptors (Lipinski definition) is 9. The van der Waals surface area contributed by atoms with Crippen LogP contribution in [0.3, 0.4) is 0 Å². The summed E-state index contributed by atoms with van der Waals surface area (Å²) in [6.07, 6.45) is -0.416. The number of aliphatic carboxylic acids is 1. The van der Waals surface area contributed by atoms with E-state index in [1.165, 1.54) is 0 Å². The molecule has 0 aliphatic heterocycles. The van der Waals surface area contributed by atoms with Crippen molar-refractivity contribution in [2.75, 3.05) is 13.2 Å². The fraction of sp³-hybridized carbons (Fsp3) is 0.615. The molecule has 0 aromatic carbocycles. The third-order valence-corrected chi connectivity index (χ3v) is 3.26. The van der Waals surface area contributed by atoms with Crippen molar-refractivity contribution in [1.82, 2.24) is 20.8 Å². The molecule has 3 amide bonds. The monoisotopic (exact) mass is 374 g/mol. The van der Waals surface area contributed by atoms with Crippen LogP contribution in [0.25, 0.3) is 0 Å². The number of carboxylic acids is 1. The van der Waals surface area contributed by atoms with Gasteiger partial charge in [-0.1, -0.05) is 5.16 Å². The summed E-state index contributed by atoms with van der Waals surface area (Å²) in [5, 5.41) is 34.7. The van der Waals surface area contributed by atoms with Gasteiger partial charge in [-0.25, -0.2) is 9.59 Å². The van der Waals surface area contributed by atoms with Gasteiger partial charge in [0.05, 0.1) is 12.5 Å². The third kappa shape index (κ3) is 6.62. The van der Waals surface area contributed by atoms with E-state index in [2.05, 4.69) is 20.8 Å². The minimum absolute atomic E-state index is 0.0643. The molecule has 1 rings (SSSR count). The standard InChI is InChI=1S/C13H22N6O7/c14-6(1-3-20)10-18-11(26-19-10)8(5-9(15)22)17-13(25)16-7(2-4-21)12(23)24/h6-8,20-21H,1-5,14H2,(H2,15,22)(H,23,24)(H2,16,17,25)/t6-,7-,8-/m0/s1. The summed E-state index contributed by atoms with van der Waals surface area (Å²) < 4.78 is 4.97. The minimum atomic E-state index is -1.34. The van der Waals surface area contributed by atoms with E-state index in [0.29, 0.717) is 0 Å². The van der Waals surface area contributed by atoms with Crippen LogP contribution in [0.4, 0.5) is 4.79 Å². The molecule has 1 aromatic heterocycles. The predicted octanol–water partition coefficient (Wildman–Crippen LogP) is -2.50. The molecule has 0 aliphatic carbocycles. The van der Waals surface area contributed by atoms with Crippen molar-refractivity contribution in [3.8, 4) is 0 Å². The molecule has 1 aromatic rings. The molecule has 13 heteroatoms. The zero-order chi connectivity index (χ0) is 19.7. The molecule has 0 radical (unpaired) electrons. The first-order chi connectivity index (χ1) is 12.3. The number of nitrogens with one attached hydrogen (secondary N) is 2. The van der Waals surface area contributed by atoms with Crippen LogP contribution in [-0.2, 0) is 9.59 Å². The number of aliphatic hydroxyl groups is 2. The van der Waals surface area contributed by atoms with Gasteiger partial charge in [-0.2, -0.15) is 4.98 Å². The molecule has 0 saturated heterocycles. The number of carbonyl (C=O) groups is 3. The molecular formula is C13H22N6O7. The van der Waals surface area contributed by atoms with E-state index < -0.39 is 42.6 Å². The lowest BCUT2D eigenvalue weighted by atomic mass is 10.2. The number of carboxylic acid groups (broad SMARTS) is 1. The van der Waals surface area contributed by atoms with Crippen molar-refractivity contribution in [2.24, 2.45) is 11.5 Å². The Morgan fingerprint density at radius 2 is 1.81 bits per heavy atom. The Balaban J connectivity index is 2.85. The first-order valence-corrected chi connectivity index (χ1v) is 7.67. The molecule has 0 spiro atoms. The average Bonchev–Trinajstić information content (AvgIpc) is 3.03. The summed E-state index contributed by atoms with van der Waals surface area (Å²) in [6.45, 7) is -0.643. The third-order valence-electron chi connectivity index (χ3n) is 3.26. The highest BCUT2D eigenvalue weighted by Gasteiger charge is 2.27. The van der Waals surface area contributed by atoms with Crippen molar-refractivity contribution >= 4 is 17.9 Å². The Morgan fingerprint density at radius 3 is 2.35 bits per heavy atom. The Hall–Kier alpha value is -2.77. The summed E-state index contributed by atoms with van der Waals surface area (Å²) in [4.78, 5) is 38.2. The van der Waals surface area contributed by atoms with Crippen LogP contribution >= 0.6 is 0 Å². The van der Waals surface area contributed by atoms with Crippen LogP contribution in [0.15, 0.2) is 4.52 Å². The minimum Gasteiger partial charge on any atom is -0.480 e. The molecule has 13 nitrogen and oxygen atoms in total. The van der Waals surface area contributed by atoms with Gasteiger partial charge >= 0.3 is 12.0 Å². The highest BCUT2D eigenvalue weighted by Crippen LogP contribution is 2.17. The van der Waals surface area contributed by atoms with Crippen LogP contribution in [0.2, 0.25) is 0 Å². The van der Waals surface area contributed by atoms with Gasteiger partial charge in [0, 0.05) is 19.6 Å². The molecule has 0 fully saturated rings. The second-order valence-electron chi connectivity index (χ2n) is 5.35. The van der Waals surface area contributed by atoms with E-state index in [4.69, 9.17) is 31.3 Å². The highest BCUT2D eigenvalue weighted by molar-refractivity contribution is 5.83. The van der Waals surface area contributed by atoms with Crippen molar-refractivity contribution in [3.05, 3.63) is 11.7 Å². The molecule has 1 heterocycles. The zero-order valence-corrected chi connectivity index (χ0v) is 13.8. The van der Waals surface area contributed by atoms with E-state index >= 15 is 0 Å². The molecule has 3 atom stereocenters. The van der Waals surface area contributed by atoms with Crippen LogP contribution in [-0.4, -0.2) is 62.6 Å². The molecular weight excluding hydrogens is 352 g/mol. The summed E-state index contributed by atoms with van der Waals surface area (Å²) in [5.74, 6) is -2.21. The van der Waals surface area contributed by atoms with Crippen molar-refractivity contribution < 1.29 is 34.2 Å². The van der Waals surface area contributed by atoms with Gasteiger partial charge in [0.25, 0.3) is 0 Å². The molecule has 0 unspecified atom stereocenters. The first-order valence-electron chi connectivity index (χ1n) is 7.67. The number of amides is 3. The maximum atomic E-state index is 12.0. The Kier molecular flexibility index (Phi) is 8.41. The number of nitrogens with zero attached hydrogens (tertiary/aromatic N) is 2. The van der Waals surface area contributed by atoms with Crippen molar-refractivity contribution in [1.29, 1.82) is 0 Å². The summed E-state index contributed by atoms with van der Waals surface area (Å²) in [6, 6.07) is -4.08. The summed E-state index contributed by atoms with van der Waals surface area (Å²) in [7, 11) is 0. The number of aliphatic hydroxyl groups excluding tert-OH is 2. The average molecular weight is 374 g/mol. The normalized spacial score (nSPS) is 14.3. The largest absolute Gasteiger partial charge is 0.480 e. The number of urea groups is 1. The summed E-state index contributed by atoms with van der Waals surface area (Å²) in [5.41, 5.74) is 10.9. The number of primary amides is 1. The molecule has 26 heavy (non-hydrogen) atoms. The van der Waals surface area contributed by atoms with Gasteiger partial charge in [-0.3, -0.25) is 4.79 Å². The molecule has 0 bridgehead atoms. The lowest BCUT2D eigenvalue weighted by Gasteiger charge is -2.17. The lowest BCUT2D eigenvalue weighted by molar-refractivity contribution is -0.139. The van der Waals surface area contributed by atoms with E-state index in [0.717, 1.165) is 0 Å². The smallest absolute Gasteiger partial charge is 0.326 e. The Labute approximate surface area is 147 Å². The fourth-order valence-corrected chi connectivity index (χ4v) is 1.95. The van der Waals surface area contributed by atoms with Crippen LogP contribution in [0.1, 0.15) is 43.1 Å². The number of hydrogen-bond donors (Lipinski definition) is 7. The first kappa shape index (κ1) is 21.3. The quantitative estimate of drug-likeness (QED) is 0.215. The maximum absolute atomic E-state index is 12.0. The van der Waals surface area contributed by atoms with Crippen LogP contribution in [0.5, 0.6) is 0 Å². The van der Waals surface area contributed by atoms with E-state index in [-0.39, 0.29) is 37.6 Å². The number of carbonyl (C=O) groups excluding carboxylic acids is 2. The topological polar surface area (TPSA) is 227 Å². The molecule has 146 valence electrons. The SMILES string of the molecule is NC(=O)C[C@H](NC(=O)N[C@@H](CCO)C(=O)O)c1nc([C@@H](N)CCO)no1. The summed E-state index contributed by atoms with van der Waals surface area (Å²) >= 11 is 0. The second-order valence-corrected chi connectivity index (χ2v) is 5.35. The van der Waals surface area contributed by atoms with Crippen molar-refractivity contribution in [3.63, 3.8) is 0 Å². The van der Waals surface area contributed by atoms with Gasteiger partial charge in [0.2, 0.25) is 11.8 Å². The number of rotatable bonds is 11. The van der Waals surface area contributed by atoms with E-state index in [1.807, 2.05) is 0 Å². The highest BCUT2D eigenvalue weighted by atomic mass is 16.5. The fourth-order valence-electron chi connectivity index (χ4n) is 1.95. The van der Waals surface area contributed by atoms with Crippen molar-refractivity contribution in [2.45, 2.75) is 37.4 Å². The number of aromatic nitrogens is 2. The maximum Gasteiger partial charge on any atom is 0.326 e. The van der Waals surface area contributed by atoms with E-state index in [1.54, 1.807) is 0 Å². The zero-order valence-electron chi connectivity index (χ0n) is 13.8. The molecule has 0 saturated carbocycles. The molecule has 9 N–H and O–H groups in total. The predicted molar refractivity (Wildman–Crippen MR) is 84.3 cm³/mol. The molecule has 0 aliphatic rings.